The molecule has 0 spiro atoms. The number of hydrogen-bond acceptors (Lipinski definition) is 4. The molecular weight excluding hydrogens is 318 g/mol. The van der Waals surface area contributed by atoms with Crippen LogP contribution in [0.2, 0.25) is 0 Å². The number of rotatable bonds is 2. The smallest absolute Gasteiger partial charge is 0.337 e. The zero-order chi connectivity index (χ0) is 12.7. The van der Waals surface area contributed by atoms with Gasteiger partial charge in [0, 0.05) is 6.20 Å². The predicted octanol–water partition coefficient (Wildman–Crippen LogP) is 3.15. The van der Waals surface area contributed by atoms with Crippen LogP contribution in [0.15, 0.2) is 28.2 Å². The van der Waals surface area contributed by atoms with E-state index < -0.39 is 5.97 Å². The van der Waals surface area contributed by atoms with Crippen LogP contribution in [0.3, 0.4) is 0 Å². The first-order valence-electron chi connectivity index (χ1n) is 4.98. The Morgan fingerprint density at radius 3 is 2.94 bits per heavy atom. The highest BCUT2D eigenvalue weighted by atomic mass is 79.9. The molecule has 3 rings (SSSR count). The third-order valence-corrected chi connectivity index (χ3v) is 4.02. The molecule has 0 aromatic carbocycles. The molecule has 3 aromatic heterocycles. The van der Waals surface area contributed by atoms with Gasteiger partial charge in [0.2, 0.25) is 0 Å². The molecule has 3 aromatic rings. The van der Waals surface area contributed by atoms with Gasteiger partial charge in [0.15, 0.2) is 11.5 Å². The quantitative estimate of drug-likeness (QED) is 0.759. The van der Waals surface area contributed by atoms with Crippen LogP contribution in [0.4, 0.5) is 0 Å². The summed E-state index contributed by atoms with van der Waals surface area (Å²) in [6.45, 7) is 0. The first-order chi connectivity index (χ1) is 8.63. The molecule has 0 amide bonds. The highest BCUT2D eigenvalue weighted by molar-refractivity contribution is 9.11. The van der Waals surface area contributed by atoms with Crippen molar-refractivity contribution >= 4 is 44.4 Å². The van der Waals surface area contributed by atoms with Crippen LogP contribution in [-0.2, 0) is 0 Å². The SMILES string of the molecule is O=C(O)c1cnc2nc(-c3ccc(Br)s3)[nH]c2c1. The van der Waals surface area contributed by atoms with Gasteiger partial charge < -0.3 is 10.1 Å². The van der Waals surface area contributed by atoms with Crippen LogP contribution in [0.25, 0.3) is 21.9 Å². The second-order valence-electron chi connectivity index (χ2n) is 3.59. The Balaban J connectivity index is 2.13. The molecule has 0 unspecified atom stereocenters. The Morgan fingerprint density at radius 1 is 1.44 bits per heavy atom. The fraction of sp³-hybridized carbons (Fsp3) is 0. The highest BCUT2D eigenvalue weighted by Gasteiger charge is 2.11. The van der Waals surface area contributed by atoms with Crippen molar-refractivity contribution in [2.24, 2.45) is 0 Å². The number of nitrogens with one attached hydrogen (secondary N) is 1. The van der Waals surface area contributed by atoms with E-state index in [1.165, 1.54) is 12.3 Å². The predicted molar refractivity (Wildman–Crippen MR) is 71.9 cm³/mol. The van der Waals surface area contributed by atoms with Crippen molar-refractivity contribution in [3.8, 4) is 10.7 Å². The Kier molecular flexibility index (Phi) is 2.64. The van der Waals surface area contributed by atoms with Crippen LogP contribution in [0.5, 0.6) is 0 Å². The number of imidazole rings is 1. The van der Waals surface area contributed by atoms with E-state index in [1.807, 2.05) is 12.1 Å². The van der Waals surface area contributed by atoms with Gasteiger partial charge >= 0.3 is 5.97 Å². The number of carbonyl (C=O) groups is 1. The Hall–Kier alpha value is -1.73. The first-order valence-corrected chi connectivity index (χ1v) is 6.59. The number of hydrogen-bond donors (Lipinski definition) is 2. The molecule has 18 heavy (non-hydrogen) atoms. The minimum Gasteiger partial charge on any atom is -0.478 e. The van der Waals surface area contributed by atoms with E-state index in [9.17, 15) is 4.79 Å². The Bertz CT molecular complexity index is 750. The number of H-pyrrole nitrogens is 1. The normalized spacial score (nSPS) is 10.9. The number of aromatic amines is 1. The van der Waals surface area contributed by atoms with Crippen LogP contribution < -0.4 is 0 Å². The molecule has 3 heterocycles. The van der Waals surface area contributed by atoms with Gasteiger partial charge in [-0.2, -0.15) is 0 Å². The molecule has 0 aliphatic heterocycles. The van der Waals surface area contributed by atoms with Crippen molar-refractivity contribution in [1.29, 1.82) is 0 Å². The number of carboxylic acid groups (broad SMARTS) is 1. The summed E-state index contributed by atoms with van der Waals surface area (Å²) in [7, 11) is 0. The Morgan fingerprint density at radius 2 is 2.28 bits per heavy atom. The van der Waals surface area contributed by atoms with Gasteiger partial charge in [0.1, 0.15) is 0 Å². The third kappa shape index (κ3) is 1.91. The molecule has 0 fully saturated rings. The standard InChI is InChI=1S/C11H6BrN3O2S/c12-8-2-1-7(18-8)10-14-6-3-5(11(16)17)4-13-9(6)15-10/h1-4H,(H,16,17)(H,13,14,15). The number of fused-ring (bicyclic) bond motifs is 1. The molecular formula is C11H6BrN3O2S. The third-order valence-electron chi connectivity index (χ3n) is 2.39. The summed E-state index contributed by atoms with van der Waals surface area (Å²) >= 11 is 4.93. The molecule has 0 aliphatic rings. The minimum atomic E-state index is -1.00. The van der Waals surface area contributed by atoms with Gasteiger partial charge in [0.05, 0.1) is 19.7 Å². The fourth-order valence-corrected chi connectivity index (χ4v) is 2.91. The van der Waals surface area contributed by atoms with E-state index in [4.69, 9.17) is 5.11 Å². The summed E-state index contributed by atoms with van der Waals surface area (Å²) in [5.41, 5.74) is 1.28. The highest BCUT2D eigenvalue weighted by Crippen LogP contribution is 2.30. The molecule has 0 bridgehead atoms. The molecule has 2 N–H and O–H groups in total. The zero-order valence-corrected chi connectivity index (χ0v) is 11.2. The summed E-state index contributed by atoms with van der Waals surface area (Å²) in [5.74, 6) is -0.310. The van der Waals surface area contributed by atoms with Crippen molar-refractivity contribution in [2.75, 3.05) is 0 Å². The summed E-state index contributed by atoms with van der Waals surface area (Å²) in [6.07, 6.45) is 1.31. The van der Waals surface area contributed by atoms with E-state index in [0.717, 1.165) is 8.66 Å². The number of aromatic nitrogens is 3. The molecule has 0 atom stereocenters. The number of carboxylic acids is 1. The largest absolute Gasteiger partial charge is 0.478 e. The fourth-order valence-electron chi connectivity index (χ4n) is 1.58. The van der Waals surface area contributed by atoms with Crippen molar-refractivity contribution in [3.05, 3.63) is 33.7 Å². The molecule has 0 aliphatic carbocycles. The Labute approximate surface area is 114 Å². The zero-order valence-electron chi connectivity index (χ0n) is 8.85. The summed E-state index contributed by atoms with van der Waals surface area (Å²) in [6, 6.07) is 5.40. The van der Waals surface area contributed by atoms with E-state index in [0.29, 0.717) is 17.0 Å². The van der Waals surface area contributed by atoms with Crippen molar-refractivity contribution < 1.29 is 9.90 Å². The molecule has 0 saturated heterocycles. The van der Waals surface area contributed by atoms with Gasteiger partial charge in [-0.15, -0.1) is 11.3 Å². The monoisotopic (exact) mass is 323 g/mol. The lowest BCUT2D eigenvalue weighted by molar-refractivity contribution is 0.0696. The topological polar surface area (TPSA) is 78.9 Å². The second kappa shape index (κ2) is 4.18. The van der Waals surface area contributed by atoms with Crippen LogP contribution in [-0.4, -0.2) is 26.0 Å². The van der Waals surface area contributed by atoms with E-state index in [2.05, 4.69) is 30.9 Å². The van der Waals surface area contributed by atoms with Crippen molar-refractivity contribution in [2.45, 2.75) is 0 Å². The van der Waals surface area contributed by atoms with Crippen LogP contribution in [0, 0.1) is 0 Å². The summed E-state index contributed by atoms with van der Waals surface area (Å²) < 4.78 is 1.01. The second-order valence-corrected chi connectivity index (χ2v) is 6.05. The number of nitrogens with zero attached hydrogens (tertiary/aromatic N) is 2. The van der Waals surface area contributed by atoms with Gasteiger partial charge in [-0.25, -0.2) is 14.8 Å². The summed E-state index contributed by atoms with van der Waals surface area (Å²) in [5, 5.41) is 8.89. The number of thiophene rings is 1. The van der Waals surface area contributed by atoms with Crippen LogP contribution >= 0.6 is 27.3 Å². The van der Waals surface area contributed by atoms with E-state index in [-0.39, 0.29) is 5.56 Å². The van der Waals surface area contributed by atoms with Crippen LogP contribution in [0.1, 0.15) is 10.4 Å². The van der Waals surface area contributed by atoms with Gasteiger partial charge in [-0.3, -0.25) is 0 Å². The lowest BCUT2D eigenvalue weighted by atomic mass is 10.3. The summed E-state index contributed by atoms with van der Waals surface area (Å²) in [4.78, 5) is 23.2. The first kappa shape index (κ1) is 11.4. The average Bonchev–Trinajstić information content (AvgIpc) is 2.93. The molecule has 7 heteroatoms. The van der Waals surface area contributed by atoms with Gasteiger partial charge in [-0.1, -0.05) is 0 Å². The maximum Gasteiger partial charge on any atom is 0.337 e. The maximum atomic E-state index is 10.8. The van der Waals surface area contributed by atoms with Crippen molar-refractivity contribution in [3.63, 3.8) is 0 Å². The van der Waals surface area contributed by atoms with E-state index >= 15 is 0 Å². The molecule has 0 radical (unpaired) electrons. The average molecular weight is 324 g/mol. The van der Waals surface area contributed by atoms with Crippen molar-refractivity contribution in [1.82, 2.24) is 15.0 Å². The minimum absolute atomic E-state index is 0.144. The van der Waals surface area contributed by atoms with Gasteiger partial charge in [0.25, 0.3) is 0 Å². The lowest BCUT2D eigenvalue weighted by Crippen LogP contribution is -1.96. The number of pyridine rings is 1. The molecule has 5 nitrogen and oxygen atoms in total. The van der Waals surface area contributed by atoms with Gasteiger partial charge in [-0.05, 0) is 34.1 Å². The lowest BCUT2D eigenvalue weighted by Gasteiger charge is -1.91. The maximum absolute atomic E-state index is 10.8. The molecule has 0 saturated carbocycles. The van der Waals surface area contributed by atoms with E-state index in [1.54, 1.807) is 11.3 Å². The molecule has 90 valence electrons. The number of aromatic carboxylic acids is 1. The number of halogens is 1.